The molecule has 0 saturated heterocycles. The number of hydrogen-bond donors (Lipinski definition) is 0. The Labute approximate surface area is 99.9 Å². The van der Waals surface area contributed by atoms with Gasteiger partial charge in [0.05, 0.1) is 0 Å². The molecule has 0 aliphatic heterocycles. The van der Waals surface area contributed by atoms with Gasteiger partial charge in [0.15, 0.2) is 0 Å². The molecule has 0 N–H and O–H groups in total. The van der Waals surface area contributed by atoms with Gasteiger partial charge in [0, 0.05) is 11.1 Å². The maximum Gasteiger partial charge on any atom is 0.248 e. The molecule has 0 saturated carbocycles. The molecule has 0 fully saturated rings. The third kappa shape index (κ3) is 5.14. The molecule has 0 aromatic carbocycles. The minimum Gasteiger partial charge on any atom is -0.276 e. The zero-order chi connectivity index (χ0) is 12.0. The van der Waals surface area contributed by atoms with Crippen LogP contribution in [0.25, 0.3) is 0 Å². The zero-order valence-corrected chi connectivity index (χ0v) is 10.5. The molecule has 84 valence electrons. The van der Waals surface area contributed by atoms with Crippen LogP contribution in [-0.4, -0.2) is 10.5 Å². The molecule has 0 amide bonds. The van der Waals surface area contributed by atoms with Crippen molar-refractivity contribution in [2.45, 2.75) is 27.2 Å². The van der Waals surface area contributed by atoms with E-state index in [1.165, 1.54) is 0 Å². The summed E-state index contributed by atoms with van der Waals surface area (Å²) >= 11 is 10.7. The Balaban J connectivity index is 5.00. The van der Waals surface area contributed by atoms with Crippen LogP contribution in [0.4, 0.5) is 0 Å². The number of rotatable bonds is 5. The molecule has 0 spiro atoms. The van der Waals surface area contributed by atoms with Crippen LogP contribution in [0.1, 0.15) is 27.2 Å². The predicted octanol–water partition coefficient (Wildman–Crippen LogP) is 3.44. The first-order chi connectivity index (χ1) is 6.90. The van der Waals surface area contributed by atoms with Crippen molar-refractivity contribution in [2.75, 3.05) is 0 Å². The summed E-state index contributed by atoms with van der Waals surface area (Å²) < 4.78 is 0. The van der Waals surface area contributed by atoms with Crippen LogP contribution >= 0.6 is 23.2 Å². The maximum absolute atomic E-state index is 11.0. The molecule has 2 nitrogen and oxygen atoms in total. The molecular formula is C11H14Cl2O2. The van der Waals surface area contributed by atoms with Gasteiger partial charge in [-0.05, 0) is 35.5 Å². The number of carbonyl (C=O) groups is 2. The molecule has 0 atom stereocenters. The topological polar surface area (TPSA) is 34.1 Å². The quantitative estimate of drug-likeness (QED) is 0.425. The molecule has 0 aromatic heterocycles. The highest BCUT2D eigenvalue weighted by molar-refractivity contribution is 6.68. The van der Waals surface area contributed by atoms with Gasteiger partial charge in [-0.2, -0.15) is 0 Å². The molecule has 0 radical (unpaired) electrons. The SMILES string of the molecule is CC/C(=C\C=C(\C(=O)Cl)C(C)C)C(=O)Cl. The second-order valence-electron chi connectivity index (χ2n) is 3.37. The van der Waals surface area contributed by atoms with Gasteiger partial charge in [0.1, 0.15) is 0 Å². The maximum atomic E-state index is 11.0. The first kappa shape index (κ1) is 14.4. The Morgan fingerprint density at radius 1 is 1.13 bits per heavy atom. The van der Waals surface area contributed by atoms with E-state index in [4.69, 9.17) is 23.2 Å². The second-order valence-corrected chi connectivity index (χ2v) is 4.06. The largest absolute Gasteiger partial charge is 0.276 e. The lowest BCUT2D eigenvalue weighted by molar-refractivity contribution is -0.109. The number of halogens is 2. The van der Waals surface area contributed by atoms with Gasteiger partial charge < -0.3 is 0 Å². The summed E-state index contributed by atoms with van der Waals surface area (Å²) in [5.74, 6) is 0.0229. The lowest BCUT2D eigenvalue weighted by Crippen LogP contribution is -2.01. The fourth-order valence-electron chi connectivity index (χ4n) is 0.998. The predicted molar refractivity (Wildman–Crippen MR) is 63.0 cm³/mol. The van der Waals surface area contributed by atoms with Crippen molar-refractivity contribution in [3.63, 3.8) is 0 Å². The summed E-state index contributed by atoms with van der Waals surface area (Å²) in [6.07, 6.45) is 3.63. The number of hydrogen-bond acceptors (Lipinski definition) is 2. The Bertz CT molecular complexity index is 315. The Hall–Kier alpha value is -0.600. The zero-order valence-electron chi connectivity index (χ0n) is 9.01. The minimum absolute atomic E-state index is 0.0229. The first-order valence-electron chi connectivity index (χ1n) is 4.70. The van der Waals surface area contributed by atoms with Crippen LogP contribution in [-0.2, 0) is 9.59 Å². The number of allylic oxidation sites excluding steroid dienone is 4. The highest BCUT2D eigenvalue weighted by Gasteiger charge is 2.10. The van der Waals surface area contributed by atoms with Gasteiger partial charge in [0.2, 0.25) is 10.5 Å². The van der Waals surface area contributed by atoms with Crippen molar-refractivity contribution >= 4 is 33.7 Å². The van der Waals surface area contributed by atoms with Crippen molar-refractivity contribution in [3.8, 4) is 0 Å². The standard InChI is InChI=1S/C11H14Cl2O2/c1-4-8(10(12)14)5-6-9(7(2)3)11(13)15/h5-7H,4H2,1-3H3/b8-5+,9-6+. The Morgan fingerprint density at radius 2 is 1.67 bits per heavy atom. The molecule has 4 heteroatoms. The molecule has 0 unspecified atom stereocenters. The van der Waals surface area contributed by atoms with E-state index in [1.807, 2.05) is 20.8 Å². The fraction of sp³-hybridized carbons (Fsp3) is 0.455. The van der Waals surface area contributed by atoms with E-state index in [2.05, 4.69) is 0 Å². The summed E-state index contributed by atoms with van der Waals surface area (Å²) in [6.45, 7) is 5.53. The third-order valence-corrected chi connectivity index (χ3v) is 2.41. The van der Waals surface area contributed by atoms with Gasteiger partial charge in [-0.25, -0.2) is 0 Å². The molecule has 0 aliphatic rings. The van der Waals surface area contributed by atoms with Crippen LogP contribution < -0.4 is 0 Å². The van der Waals surface area contributed by atoms with E-state index in [0.29, 0.717) is 17.6 Å². The summed E-state index contributed by atoms with van der Waals surface area (Å²) in [5, 5.41) is -1.00. The van der Waals surface area contributed by atoms with Gasteiger partial charge in [-0.15, -0.1) is 0 Å². The van der Waals surface area contributed by atoms with E-state index in [1.54, 1.807) is 12.2 Å². The van der Waals surface area contributed by atoms with E-state index in [9.17, 15) is 9.59 Å². The van der Waals surface area contributed by atoms with Crippen LogP contribution in [0.2, 0.25) is 0 Å². The Morgan fingerprint density at radius 3 is 1.93 bits per heavy atom. The van der Waals surface area contributed by atoms with Crippen molar-refractivity contribution in [1.82, 2.24) is 0 Å². The molecular weight excluding hydrogens is 235 g/mol. The molecule has 0 aliphatic carbocycles. The van der Waals surface area contributed by atoms with Gasteiger partial charge in [-0.1, -0.05) is 32.9 Å². The molecule has 0 aromatic rings. The normalized spacial score (nSPS) is 13.2. The summed E-state index contributed by atoms with van der Waals surface area (Å²) in [4.78, 5) is 21.9. The molecule has 0 heterocycles. The van der Waals surface area contributed by atoms with Crippen molar-refractivity contribution in [3.05, 3.63) is 23.3 Å². The highest BCUT2D eigenvalue weighted by Crippen LogP contribution is 2.15. The van der Waals surface area contributed by atoms with Gasteiger partial charge >= 0.3 is 0 Å². The van der Waals surface area contributed by atoms with Crippen LogP contribution in [0.3, 0.4) is 0 Å². The van der Waals surface area contributed by atoms with E-state index in [0.717, 1.165) is 0 Å². The van der Waals surface area contributed by atoms with Gasteiger partial charge in [0.25, 0.3) is 0 Å². The third-order valence-electron chi connectivity index (χ3n) is 1.95. The second kappa shape index (κ2) is 6.81. The van der Waals surface area contributed by atoms with Gasteiger partial charge in [-0.3, -0.25) is 9.59 Å². The lowest BCUT2D eigenvalue weighted by atomic mass is 10.0. The Kier molecular flexibility index (Phi) is 6.53. The van der Waals surface area contributed by atoms with Crippen LogP contribution in [0.15, 0.2) is 23.3 Å². The molecule has 0 bridgehead atoms. The first-order valence-corrected chi connectivity index (χ1v) is 5.46. The van der Waals surface area contributed by atoms with Crippen molar-refractivity contribution in [1.29, 1.82) is 0 Å². The summed E-state index contributed by atoms with van der Waals surface area (Å²) in [6, 6.07) is 0. The van der Waals surface area contributed by atoms with Crippen molar-refractivity contribution < 1.29 is 9.59 Å². The van der Waals surface area contributed by atoms with E-state index < -0.39 is 10.5 Å². The smallest absolute Gasteiger partial charge is 0.248 e. The average Bonchev–Trinajstić information content (AvgIpc) is 2.10. The molecule has 15 heavy (non-hydrogen) atoms. The monoisotopic (exact) mass is 248 g/mol. The van der Waals surface area contributed by atoms with Crippen LogP contribution in [0.5, 0.6) is 0 Å². The van der Waals surface area contributed by atoms with Crippen molar-refractivity contribution in [2.24, 2.45) is 5.92 Å². The van der Waals surface area contributed by atoms with Crippen LogP contribution in [0, 0.1) is 5.92 Å². The highest BCUT2D eigenvalue weighted by atomic mass is 35.5. The summed E-state index contributed by atoms with van der Waals surface area (Å²) in [5.41, 5.74) is 0.938. The minimum atomic E-state index is -0.501. The number of carbonyl (C=O) groups excluding carboxylic acids is 2. The van der Waals surface area contributed by atoms with E-state index >= 15 is 0 Å². The summed E-state index contributed by atoms with van der Waals surface area (Å²) in [7, 11) is 0. The average molecular weight is 249 g/mol. The van der Waals surface area contributed by atoms with E-state index in [-0.39, 0.29) is 5.92 Å². The lowest BCUT2D eigenvalue weighted by Gasteiger charge is -2.04. The fourth-order valence-corrected chi connectivity index (χ4v) is 1.48. The molecule has 0 rings (SSSR count).